The number of benzene rings is 2. The van der Waals surface area contributed by atoms with Gasteiger partial charge in [-0.2, -0.15) is 4.91 Å². The number of nitrogens with zero attached hydrogens (tertiary/aromatic N) is 4. The summed E-state index contributed by atoms with van der Waals surface area (Å²) in [7, 11) is 0. The summed E-state index contributed by atoms with van der Waals surface area (Å²) in [6.45, 7) is 0.743. The summed E-state index contributed by atoms with van der Waals surface area (Å²) in [4.78, 5) is 15.9. The minimum atomic E-state index is -0.963. The number of carbonyl (C=O) groups is 1. The Morgan fingerprint density at radius 3 is 2.62 bits per heavy atom. The van der Waals surface area contributed by atoms with E-state index in [0.29, 0.717) is 19.4 Å². The van der Waals surface area contributed by atoms with E-state index in [1.165, 1.54) is 0 Å². The van der Waals surface area contributed by atoms with Gasteiger partial charge in [0.1, 0.15) is 6.61 Å². The number of hydrogen-bond acceptors (Lipinski definition) is 3. The van der Waals surface area contributed by atoms with E-state index >= 15 is 0 Å². The highest BCUT2D eigenvalue weighted by Gasteiger charge is 2.52. The van der Waals surface area contributed by atoms with E-state index in [1.54, 1.807) is 5.01 Å². The molecular formula is C19H19BrN4O2. The predicted molar refractivity (Wildman–Crippen MR) is 102 cm³/mol. The monoisotopic (exact) mass is 414 g/mol. The molecule has 2 aromatic carbocycles. The molecule has 0 spiro atoms. The third kappa shape index (κ3) is 4.00. The van der Waals surface area contributed by atoms with Crippen molar-refractivity contribution >= 4 is 21.9 Å². The Balaban J connectivity index is 1.83. The number of ether oxygens (including phenoxy) is 1. The van der Waals surface area contributed by atoms with E-state index in [0.717, 1.165) is 22.0 Å². The van der Waals surface area contributed by atoms with Gasteiger partial charge in [-0.25, -0.2) is 9.80 Å². The number of azide groups is 1. The molecular weight excluding hydrogens is 396 g/mol. The second-order valence-corrected chi connectivity index (χ2v) is 7.22. The van der Waals surface area contributed by atoms with Gasteiger partial charge in [-0.3, -0.25) is 0 Å². The molecule has 1 atom stereocenters. The van der Waals surface area contributed by atoms with Crippen LogP contribution in [0.3, 0.4) is 0 Å². The van der Waals surface area contributed by atoms with Gasteiger partial charge in [0, 0.05) is 17.3 Å². The fraction of sp³-hybridized carbons (Fsp3) is 0.316. The molecule has 0 saturated carbocycles. The van der Waals surface area contributed by atoms with Gasteiger partial charge < -0.3 is 4.74 Å². The van der Waals surface area contributed by atoms with Crippen LogP contribution in [0.15, 0.2) is 64.3 Å². The number of carbonyl (C=O) groups excluding carboxylic acids is 1. The molecule has 0 amide bonds. The molecule has 134 valence electrons. The Hall–Kier alpha value is -2.50. The molecule has 0 radical (unpaired) electrons. The van der Waals surface area contributed by atoms with Crippen LogP contribution in [0.5, 0.6) is 0 Å². The zero-order valence-corrected chi connectivity index (χ0v) is 15.8. The maximum absolute atomic E-state index is 13.0. The van der Waals surface area contributed by atoms with Crippen molar-refractivity contribution in [2.45, 2.75) is 31.4 Å². The van der Waals surface area contributed by atoms with Crippen LogP contribution in [0.25, 0.3) is 10.4 Å². The molecule has 1 aliphatic rings. The van der Waals surface area contributed by atoms with Crippen molar-refractivity contribution < 1.29 is 9.53 Å². The number of rotatable bonds is 6. The molecule has 26 heavy (non-hydrogen) atoms. The molecule has 0 unspecified atom stereocenters. The molecule has 0 bridgehead atoms. The quantitative estimate of drug-likeness (QED) is 0.294. The summed E-state index contributed by atoms with van der Waals surface area (Å²) in [5.74, 6) is -0.353. The first-order valence-electron chi connectivity index (χ1n) is 8.42. The summed E-state index contributed by atoms with van der Waals surface area (Å²) in [5, 5.41) is 5.31. The van der Waals surface area contributed by atoms with Crippen LogP contribution in [-0.4, -0.2) is 23.1 Å². The van der Waals surface area contributed by atoms with E-state index in [9.17, 15) is 4.79 Å². The van der Waals surface area contributed by atoms with Crippen molar-refractivity contribution in [3.63, 3.8) is 0 Å². The van der Waals surface area contributed by atoms with Gasteiger partial charge >= 0.3 is 5.97 Å². The molecule has 1 heterocycles. The van der Waals surface area contributed by atoms with Crippen LogP contribution in [0, 0.1) is 0 Å². The van der Waals surface area contributed by atoms with E-state index in [-0.39, 0.29) is 12.6 Å². The lowest BCUT2D eigenvalue weighted by Crippen LogP contribution is -2.50. The topological polar surface area (TPSA) is 78.3 Å². The van der Waals surface area contributed by atoms with Crippen LogP contribution in [0.1, 0.15) is 24.0 Å². The zero-order valence-electron chi connectivity index (χ0n) is 14.2. The van der Waals surface area contributed by atoms with Gasteiger partial charge in [-0.05, 0) is 34.9 Å². The average Bonchev–Trinajstić information content (AvgIpc) is 3.06. The Morgan fingerprint density at radius 2 is 1.92 bits per heavy atom. The van der Waals surface area contributed by atoms with Crippen molar-refractivity contribution in [3.8, 4) is 0 Å². The van der Waals surface area contributed by atoms with Crippen LogP contribution < -0.4 is 0 Å². The average molecular weight is 415 g/mol. The molecule has 1 aliphatic heterocycles. The number of esters is 1. The zero-order chi connectivity index (χ0) is 18.4. The molecule has 2 aromatic rings. The summed E-state index contributed by atoms with van der Waals surface area (Å²) in [6.07, 6.45) is 1.80. The van der Waals surface area contributed by atoms with Gasteiger partial charge in [-0.1, -0.05) is 58.4 Å². The van der Waals surface area contributed by atoms with E-state index in [1.807, 2.05) is 54.6 Å². The Morgan fingerprint density at radius 1 is 1.19 bits per heavy atom. The van der Waals surface area contributed by atoms with Gasteiger partial charge in [0.25, 0.3) is 0 Å². The van der Waals surface area contributed by atoms with Crippen LogP contribution in [0.2, 0.25) is 0 Å². The predicted octanol–water partition coefficient (Wildman–Crippen LogP) is 4.79. The minimum Gasteiger partial charge on any atom is -0.457 e. The molecule has 1 saturated heterocycles. The second kappa shape index (κ2) is 8.25. The maximum atomic E-state index is 13.0. The van der Waals surface area contributed by atoms with Crippen molar-refractivity contribution in [1.29, 1.82) is 0 Å². The van der Waals surface area contributed by atoms with Crippen LogP contribution >= 0.6 is 15.9 Å². The first-order chi connectivity index (χ1) is 12.6. The van der Waals surface area contributed by atoms with Crippen LogP contribution in [-0.2, 0) is 22.6 Å². The molecule has 0 N–H and O–H groups in total. The maximum Gasteiger partial charge on any atom is 0.355 e. The third-order valence-corrected chi connectivity index (χ3v) is 5.13. The minimum absolute atomic E-state index is 0.200. The fourth-order valence-corrected chi connectivity index (χ4v) is 3.56. The molecule has 7 heteroatoms. The lowest BCUT2D eigenvalue weighted by atomic mass is 9.89. The summed E-state index contributed by atoms with van der Waals surface area (Å²) in [6, 6.07) is 17.3. The van der Waals surface area contributed by atoms with Crippen molar-refractivity contribution in [1.82, 2.24) is 5.01 Å². The highest BCUT2D eigenvalue weighted by molar-refractivity contribution is 9.10. The lowest BCUT2D eigenvalue weighted by Gasteiger charge is -2.30. The fourth-order valence-electron chi connectivity index (χ4n) is 3.30. The standard InChI is InChI=1S/C19H19BrN4O2/c20-17-9-7-15(8-10-17)13-19(11-4-12-24(19)23-22-21)18(25)26-14-16-5-2-1-3-6-16/h1-3,5-10H,4,11-14H2/t19-/m0/s1. The van der Waals surface area contributed by atoms with Crippen molar-refractivity contribution in [2.75, 3.05) is 6.54 Å². The van der Waals surface area contributed by atoms with E-state index < -0.39 is 5.54 Å². The largest absolute Gasteiger partial charge is 0.457 e. The molecule has 1 fully saturated rings. The van der Waals surface area contributed by atoms with Crippen molar-refractivity contribution in [3.05, 3.63) is 80.6 Å². The summed E-state index contributed by atoms with van der Waals surface area (Å²) in [5.41, 5.74) is 9.86. The summed E-state index contributed by atoms with van der Waals surface area (Å²) >= 11 is 3.42. The van der Waals surface area contributed by atoms with Gasteiger partial charge in [-0.15, -0.1) is 5.53 Å². The molecule has 0 aromatic heterocycles. The van der Waals surface area contributed by atoms with Crippen molar-refractivity contribution in [2.24, 2.45) is 5.22 Å². The normalized spacial score (nSPS) is 19.0. The van der Waals surface area contributed by atoms with E-state index in [2.05, 4.69) is 26.1 Å². The van der Waals surface area contributed by atoms with Crippen LogP contribution in [0.4, 0.5) is 0 Å². The van der Waals surface area contributed by atoms with Gasteiger partial charge in [0.05, 0.1) is 6.54 Å². The first-order valence-corrected chi connectivity index (χ1v) is 9.22. The summed E-state index contributed by atoms with van der Waals surface area (Å²) < 4.78 is 6.59. The Bertz CT molecular complexity index is 806. The highest BCUT2D eigenvalue weighted by atomic mass is 79.9. The number of halogens is 1. The highest BCUT2D eigenvalue weighted by Crippen LogP contribution is 2.35. The second-order valence-electron chi connectivity index (χ2n) is 6.30. The molecule has 0 aliphatic carbocycles. The molecule has 6 nitrogen and oxygen atoms in total. The van der Waals surface area contributed by atoms with Gasteiger partial charge in [0.15, 0.2) is 0 Å². The number of hydrogen-bond donors (Lipinski definition) is 0. The smallest absolute Gasteiger partial charge is 0.355 e. The molecule has 3 rings (SSSR count). The third-order valence-electron chi connectivity index (χ3n) is 4.60. The SMILES string of the molecule is [N-]=[N+]=NN1CCC[C@]1(Cc1ccc(Br)cc1)C(=O)OCc1ccccc1. The first kappa shape index (κ1) is 18.3. The van der Waals surface area contributed by atoms with Gasteiger partial charge in [0.2, 0.25) is 5.54 Å². The Labute approximate surface area is 160 Å². The Kier molecular flexibility index (Phi) is 5.81. The lowest BCUT2D eigenvalue weighted by molar-refractivity contribution is -0.158. The van der Waals surface area contributed by atoms with E-state index in [4.69, 9.17) is 10.3 Å².